The topological polar surface area (TPSA) is 48.3 Å². The SMILES string of the molecule is COc1ccc2c(c(Cl)cn2S(=O)(=O)c2ccccc2)c1C. The highest BCUT2D eigenvalue weighted by molar-refractivity contribution is 7.90. The fourth-order valence-corrected chi connectivity index (χ4v) is 4.30. The molecular formula is C16H14ClNO3S. The molecule has 0 N–H and O–H groups in total. The average molecular weight is 336 g/mol. The Morgan fingerprint density at radius 3 is 2.41 bits per heavy atom. The van der Waals surface area contributed by atoms with Crippen molar-refractivity contribution in [3.63, 3.8) is 0 Å². The molecule has 4 nitrogen and oxygen atoms in total. The molecule has 0 spiro atoms. The lowest BCUT2D eigenvalue weighted by atomic mass is 10.1. The number of halogens is 1. The summed E-state index contributed by atoms with van der Waals surface area (Å²) in [6.07, 6.45) is 1.43. The van der Waals surface area contributed by atoms with E-state index in [0.717, 1.165) is 5.56 Å². The summed E-state index contributed by atoms with van der Waals surface area (Å²) in [5.41, 5.74) is 1.35. The molecule has 0 aliphatic rings. The third kappa shape index (κ3) is 2.17. The van der Waals surface area contributed by atoms with Gasteiger partial charge < -0.3 is 4.74 Å². The third-order valence-corrected chi connectivity index (χ3v) is 5.59. The van der Waals surface area contributed by atoms with Crippen LogP contribution in [0.5, 0.6) is 5.75 Å². The summed E-state index contributed by atoms with van der Waals surface area (Å²) in [7, 11) is -2.12. The first kappa shape index (κ1) is 14.9. The Morgan fingerprint density at radius 1 is 1.09 bits per heavy atom. The van der Waals surface area contributed by atoms with E-state index < -0.39 is 10.0 Å². The maximum absolute atomic E-state index is 12.8. The van der Waals surface area contributed by atoms with Crippen LogP contribution in [0.25, 0.3) is 10.9 Å². The van der Waals surface area contributed by atoms with Crippen LogP contribution in [0.2, 0.25) is 5.02 Å². The highest BCUT2D eigenvalue weighted by Crippen LogP contribution is 2.35. The lowest BCUT2D eigenvalue weighted by Crippen LogP contribution is -2.11. The first-order valence-corrected chi connectivity index (χ1v) is 8.43. The molecule has 22 heavy (non-hydrogen) atoms. The zero-order chi connectivity index (χ0) is 15.9. The van der Waals surface area contributed by atoms with E-state index in [2.05, 4.69) is 0 Å². The molecule has 3 rings (SSSR count). The molecule has 0 fully saturated rings. The Balaban J connectivity index is 2.32. The number of methoxy groups -OCH3 is 1. The van der Waals surface area contributed by atoms with Gasteiger partial charge >= 0.3 is 0 Å². The summed E-state index contributed by atoms with van der Waals surface area (Å²) in [6, 6.07) is 11.7. The van der Waals surface area contributed by atoms with Crippen LogP contribution in [0, 0.1) is 6.92 Å². The number of rotatable bonds is 3. The number of benzene rings is 2. The summed E-state index contributed by atoms with van der Waals surface area (Å²) >= 11 is 6.26. The van der Waals surface area contributed by atoms with Gasteiger partial charge in [-0.2, -0.15) is 0 Å². The molecule has 3 aromatic rings. The van der Waals surface area contributed by atoms with Gasteiger partial charge in [-0.15, -0.1) is 0 Å². The van der Waals surface area contributed by atoms with Crippen molar-refractivity contribution >= 4 is 32.5 Å². The van der Waals surface area contributed by atoms with Gasteiger partial charge in [0.15, 0.2) is 0 Å². The summed E-state index contributed by atoms with van der Waals surface area (Å²) in [5.74, 6) is 0.671. The lowest BCUT2D eigenvalue weighted by molar-refractivity contribution is 0.412. The van der Waals surface area contributed by atoms with Crippen LogP contribution < -0.4 is 4.74 Å². The monoisotopic (exact) mass is 335 g/mol. The number of aromatic nitrogens is 1. The molecule has 1 aromatic heterocycles. The van der Waals surface area contributed by atoms with E-state index >= 15 is 0 Å². The molecule has 0 saturated carbocycles. The van der Waals surface area contributed by atoms with Gasteiger partial charge in [0, 0.05) is 17.1 Å². The third-order valence-electron chi connectivity index (χ3n) is 3.62. The number of ether oxygens (including phenoxy) is 1. The molecule has 6 heteroatoms. The number of fused-ring (bicyclic) bond motifs is 1. The molecule has 0 saturated heterocycles. The van der Waals surface area contributed by atoms with E-state index in [-0.39, 0.29) is 4.90 Å². The highest BCUT2D eigenvalue weighted by Gasteiger charge is 2.22. The summed E-state index contributed by atoms with van der Waals surface area (Å²) in [4.78, 5) is 0.219. The average Bonchev–Trinajstić information content (AvgIpc) is 2.87. The standard InChI is InChI=1S/C16H14ClNO3S/c1-11-15(21-2)9-8-14-16(11)13(17)10-18(14)22(19,20)12-6-4-3-5-7-12/h3-10H,1-2H3. The maximum atomic E-state index is 12.8. The van der Waals surface area contributed by atoms with Crippen molar-refractivity contribution < 1.29 is 13.2 Å². The van der Waals surface area contributed by atoms with Gasteiger partial charge in [-0.05, 0) is 31.2 Å². The second-order valence-corrected chi connectivity index (χ2v) is 7.10. The first-order chi connectivity index (χ1) is 10.5. The van der Waals surface area contributed by atoms with Crippen molar-refractivity contribution in [2.24, 2.45) is 0 Å². The summed E-state index contributed by atoms with van der Waals surface area (Å²) in [5, 5.41) is 1.06. The molecule has 0 radical (unpaired) electrons. The van der Waals surface area contributed by atoms with E-state index in [1.165, 1.54) is 10.2 Å². The minimum atomic E-state index is -3.69. The Kier molecular flexibility index (Phi) is 3.62. The largest absolute Gasteiger partial charge is 0.496 e. The predicted molar refractivity (Wildman–Crippen MR) is 87.3 cm³/mol. The van der Waals surface area contributed by atoms with E-state index in [4.69, 9.17) is 16.3 Å². The molecule has 0 amide bonds. The van der Waals surface area contributed by atoms with Gasteiger partial charge in [0.1, 0.15) is 5.75 Å². The van der Waals surface area contributed by atoms with E-state index in [1.54, 1.807) is 49.6 Å². The molecule has 0 atom stereocenters. The van der Waals surface area contributed by atoms with Crippen LogP contribution in [0.15, 0.2) is 53.6 Å². The van der Waals surface area contributed by atoms with Crippen molar-refractivity contribution in [3.05, 3.63) is 59.2 Å². The molecule has 0 aliphatic carbocycles. The zero-order valence-electron chi connectivity index (χ0n) is 12.1. The first-order valence-electron chi connectivity index (χ1n) is 6.61. The Morgan fingerprint density at radius 2 is 1.77 bits per heavy atom. The second kappa shape index (κ2) is 5.34. The fourth-order valence-electron chi connectivity index (χ4n) is 2.53. The number of hydrogen-bond acceptors (Lipinski definition) is 3. The Bertz CT molecular complexity index is 946. The number of aryl methyl sites for hydroxylation is 1. The molecule has 2 aromatic carbocycles. The van der Waals surface area contributed by atoms with E-state index in [9.17, 15) is 8.42 Å². The van der Waals surface area contributed by atoms with Crippen LogP contribution in [-0.4, -0.2) is 19.5 Å². The van der Waals surface area contributed by atoms with Crippen molar-refractivity contribution in [1.82, 2.24) is 3.97 Å². The highest BCUT2D eigenvalue weighted by atomic mass is 35.5. The van der Waals surface area contributed by atoms with Crippen molar-refractivity contribution in [2.45, 2.75) is 11.8 Å². The van der Waals surface area contributed by atoms with Crippen LogP contribution in [0.4, 0.5) is 0 Å². The molecular weight excluding hydrogens is 322 g/mol. The lowest BCUT2D eigenvalue weighted by Gasteiger charge is -2.09. The molecule has 1 heterocycles. The molecule has 114 valence electrons. The minimum Gasteiger partial charge on any atom is -0.496 e. The normalized spacial score (nSPS) is 11.8. The maximum Gasteiger partial charge on any atom is 0.268 e. The smallest absolute Gasteiger partial charge is 0.268 e. The molecule has 0 bridgehead atoms. The quantitative estimate of drug-likeness (QED) is 0.730. The molecule has 0 unspecified atom stereocenters. The second-order valence-electron chi connectivity index (χ2n) is 4.88. The van der Waals surface area contributed by atoms with Crippen molar-refractivity contribution in [1.29, 1.82) is 0 Å². The molecule has 0 aliphatic heterocycles. The van der Waals surface area contributed by atoms with Gasteiger partial charge in [-0.25, -0.2) is 12.4 Å². The van der Waals surface area contributed by atoms with Gasteiger partial charge in [0.2, 0.25) is 0 Å². The van der Waals surface area contributed by atoms with E-state index in [0.29, 0.717) is 21.7 Å². The zero-order valence-corrected chi connectivity index (χ0v) is 13.6. The van der Waals surface area contributed by atoms with Gasteiger partial charge in [0.25, 0.3) is 10.0 Å². The summed E-state index contributed by atoms with van der Waals surface area (Å²) < 4.78 is 32.1. The Hall–Kier alpha value is -1.98. The van der Waals surface area contributed by atoms with Gasteiger partial charge in [0.05, 0.1) is 22.5 Å². The van der Waals surface area contributed by atoms with E-state index in [1.807, 2.05) is 6.92 Å². The van der Waals surface area contributed by atoms with Crippen LogP contribution >= 0.6 is 11.6 Å². The number of nitrogens with zero attached hydrogens (tertiary/aromatic N) is 1. The van der Waals surface area contributed by atoms with Crippen LogP contribution in [0.3, 0.4) is 0 Å². The minimum absolute atomic E-state index is 0.219. The fraction of sp³-hybridized carbons (Fsp3) is 0.125. The van der Waals surface area contributed by atoms with Crippen LogP contribution in [-0.2, 0) is 10.0 Å². The Labute approximate surface area is 133 Å². The summed E-state index contributed by atoms with van der Waals surface area (Å²) in [6.45, 7) is 1.85. The van der Waals surface area contributed by atoms with Crippen molar-refractivity contribution in [2.75, 3.05) is 7.11 Å². The predicted octanol–water partition coefficient (Wildman–Crippen LogP) is 3.85. The van der Waals surface area contributed by atoms with Gasteiger partial charge in [-0.3, -0.25) is 0 Å². The number of hydrogen-bond donors (Lipinski definition) is 0. The van der Waals surface area contributed by atoms with Crippen LogP contribution in [0.1, 0.15) is 5.56 Å². The van der Waals surface area contributed by atoms with Crippen molar-refractivity contribution in [3.8, 4) is 5.75 Å². The van der Waals surface area contributed by atoms with Gasteiger partial charge in [-0.1, -0.05) is 29.8 Å².